The average molecular weight is 231 g/mol. The van der Waals surface area contributed by atoms with Crippen molar-refractivity contribution in [3.05, 3.63) is 34.9 Å². The third-order valence-corrected chi connectivity index (χ3v) is 2.19. The van der Waals surface area contributed by atoms with Gasteiger partial charge in [-0.25, -0.2) is 4.79 Å². The van der Waals surface area contributed by atoms with Gasteiger partial charge in [0.1, 0.15) is 6.29 Å². The highest BCUT2D eigenvalue weighted by atomic mass is 16.5. The topological polar surface area (TPSA) is 67.2 Å². The van der Waals surface area contributed by atoms with E-state index in [9.17, 15) is 9.59 Å². The summed E-state index contributed by atoms with van der Waals surface area (Å²) in [5.74, 6) is -0.450. The Balaban J connectivity index is 3.01. The van der Waals surface area contributed by atoms with E-state index in [4.69, 9.17) is 10.00 Å². The van der Waals surface area contributed by atoms with Crippen LogP contribution in [-0.2, 0) is 11.2 Å². The van der Waals surface area contributed by atoms with Crippen molar-refractivity contribution in [2.75, 3.05) is 6.61 Å². The number of carbonyl (C=O) groups excluding carboxylic acids is 2. The summed E-state index contributed by atoms with van der Waals surface area (Å²) in [5.41, 5.74) is 1.56. The fourth-order valence-electron chi connectivity index (χ4n) is 1.46. The number of esters is 1. The Hall–Kier alpha value is -2.15. The second-order valence-electron chi connectivity index (χ2n) is 3.46. The van der Waals surface area contributed by atoms with Crippen LogP contribution in [0.3, 0.4) is 0 Å². The normalized spacial score (nSPS) is 9.41. The van der Waals surface area contributed by atoms with Crippen molar-refractivity contribution in [3.63, 3.8) is 0 Å². The van der Waals surface area contributed by atoms with Crippen LogP contribution in [0.4, 0.5) is 0 Å². The molecule has 0 bridgehead atoms. The van der Waals surface area contributed by atoms with E-state index in [1.54, 1.807) is 19.1 Å². The van der Waals surface area contributed by atoms with Crippen molar-refractivity contribution in [3.8, 4) is 6.07 Å². The third kappa shape index (κ3) is 3.72. The van der Waals surface area contributed by atoms with Crippen LogP contribution in [0.5, 0.6) is 0 Å². The largest absolute Gasteiger partial charge is 0.462 e. The summed E-state index contributed by atoms with van der Waals surface area (Å²) < 4.78 is 4.87. The average Bonchev–Trinajstić information content (AvgIpc) is 2.36. The maximum atomic E-state index is 11.5. The molecule has 0 N–H and O–H groups in total. The lowest BCUT2D eigenvalue weighted by molar-refractivity contribution is 0.0526. The Bertz CT molecular complexity index is 460. The monoisotopic (exact) mass is 231 g/mol. The predicted molar refractivity (Wildman–Crippen MR) is 61.7 cm³/mol. The summed E-state index contributed by atoms with van der Waals surface area (Å²) >= 11 is 0. The van der Waals surface area contributed by atoms with Gasteiger partial charge in [-0.3, -0.25) is 4.79 Å². The molecule has 0 saturated heterocycles. The van der Waals surface area contributed by atoms with Gasteiger partial charge in [-0.1, -0.05) is 0 Å². The second kappa shape index (κ2) is 6.44. The number of aryl methyl sites for hydroxylation is 1. The molecule has 0 spiro atoms. The highest BCUT2D eigenvalue weighted by Crippen LogP contribution is 2.12. The number of ether oxygens (including phenoxy) is 1. The molecule has 0 unspecified atom stereocenters. The molecule has 0 aromatic heterocycles. The minimum absolute atomic E-state index is 0.289. The molecule has 1 aromatic rings. The summed E-state index contributed by atoms with van der Waals surface area (Å²) in [6.07, 6.45) is 1.55. The first-order valence-electron chi connectivity index (χ1n) is 5.34. The fraction of sp³-hybridized carbons (Fsp3) is 0.308. The highest BCUT2D eigenvalue weighted by Gasteiger charge is 2.09. The molecule has 0 atom stereocenters. The molecule has 88 valence electrons. The number of benzene rings is 1. The lowest BCUT2D eigenvalue weighted by Gasteiger charge is -2.05. The number of hydrogen-bond acceptors (Lipinski definition) is 4. The molecule has 0 radical (unpaired) electrons. The Morgan fingerprint density at radius 2 is 2.24 bits per heavy atom. The van der Waals surface area contributed by atoms with Crippen LogP contribution < -0.4 is 0 Å². The van der Waals surface area contributed by atoms with Crippen molar-refractivity contribution in [1.82, 2.24) is 0 Å². The molecule has 0 amide bonds. The molecular weight excluding hydrogens is 218 g/mol. The van der Waals surface area contributed by atoms with Gasteiger partial charge in [0.25, 0.3) is 0 Å². The van der Waals surface area contributed by atoms with Crippen molar-refractivity contribution in [1.29, 1.82) is 5.26 Å². The summed E-state index contributed by atoms with van der Waals surface area (Å²) in [6.45, 7) is 2.01. The maximum Gasteiger partial charge on any atom is 0.338 e. The number of nitrogens with zero attached hydrogens (tertiary/aromatic N) is 1. The number of rotatable bonds is 5. The predicted octanol–water partition coefficient (Wildman–Crippen LogP) is 2.13. The van der Waals surface area contributed by atoms with Crippen molar-refractivity contribution in [2.24, 2.45) is 0 Å². The Morgan fingerprint density at radius 1 is 1.47 bits per heavy atom. The Kier molecular flexibility index (Phi) is 4.89. The number of carbonyl (C=O) groups is 2. The highest BCUT2D eigenvalue weighted by molar-refractivity contribution is 5.92. The van der Waals surface area contributed by atoms with E-state index in [-0.39, 0.29) is 6.61 Å². The zero-order chi connectivity index (χ0) is 12.7. The minimum atomic E-state index is -0.450. The molecule has 1 aromatic carbocycles. The van der Waals surface area contributed by atoms with Gasteiger partial charge >= 0.3 is 5.97 Å². The van der Waals surface area contributed by atoms with E-state index in [1.165, 1.54) is 6.07 Å². The summed E-state index contributed by atoms with van der Waals surface area (Å²) in [5, 5.41) is 8.51. The third-order valence-electron chi connectivity index (χ3n) is 2.19. The first kappa shape index (κ1) is 12.9. The number of hydrogen-bond donors (Lipinski definition) is 0. The van der Waals surface area contributed by atoms with Gasteiger partial charge in [-0.05, 0) is 37.1 Å². The molecule has 0 saturated carbocycles. The molecular formula is C13H13NO3. The molecule has 0 aliphatic carbocycles. The quantitative estimate of drug-likeness (QED) is 0.575. The van der Waals surface area contributed by atoms with Gasteiger partial charge in [-0.15, -0.1) is 0 Å². The zero-order valence-electron chi connectivity index (χ0n) is 9.60. The van der Waals surface area contributed by atoms with Gasteiger partial charge in [0.2, 0.25) is 0 Å². The van der Waals surface area contributed by atoms with Gasteiger partial charge in [-0.2, -0.15) is 5.26 Å². The van der Waals surface area contributed by atoms with Crippen molar-refractivity contribution < 1.29 is 14.3 Å². The molecule has 0 aliphatic heterocycles. The smallest absolute Gasteiger partial charge is 0.338 e. The first-order valence-corrected chi connectivity index (χ1v) is 5.34. The zero-order valence-corrected chi connectivity index (χ0v) is 9.60. The van der Waals surface area contributed by atoms with Crippen LogP contribution in [0.2, 0.25) is 0 Å². The second-order valence-corrected chi connectivity index (χ2v) is 3.46. The first-order chi connectivity index (χ1) is 8.21. The van der Waals surface area contributed by atoms with E-state index < -0.39 is 5.97 Å². The van der Waals surface area contributed by atoms with E-state index >= 15 is 0 Å². The number of nitriles is 1. The Morgan fingerprint density at radius 3 is 2.82 bits per heavy atom. The molecule has 0 heterocycles. The van der Waals surface area contributed by atoms with Crippen LogP contribution in [0.1, 0.15) is 39.6 Å². The van der Waals surface area contributed by atoms with Gasteiger partial charge in [0, 0.05) is 12.0 Å². The van der Waals surface area contributed by atoms with Crippen molar-refractivity contribution in [2.45, 2.75) is 19.8 Å². The van der Waals surface area contributed by atoms with Crippen LogP contribution >= 0.6 is 0 Å². The minimum Gasteiger partial charge on any atom is -0.462 e. The standard InChI is InChI=1S/C13H13NO3/c1-2-17-13(16)12-7-10(4-3-5-14)6-11(8-12)9-15/h6-9H,2-4H2,1H3. The number of aldehydes is 1. The molecule has 0 aliphatic rings. The van der Waals surface area contributed by atoms with Gasteiger partial charge < -0.3 is 4.74 Å². The molecule has 4 nitrogen and oxygen atoms in total. The molecule has 17 heavy (non-hydrogen) atoms. The summed E-state index contributed by atoms with van der Waals surface area (Å²) in [7, 11) is 0. The summed E-state index contributed by atoms with van der Waals surface area (Å²) in [6, 6.07) is 6.84. The molecule has 4 heteroatoms. The van der Waals surface area contributed by atoms with Gasteiger partial charge in [0.05, 0.1) is 18.2 Å². The van der Waals surface area contributed by atoms with Gasteiger partial charge in [0.15, 0.2) is 0 Å². The molecule has 1 rings (SSSR count). The SMILES string of the molecule is CCOC(=O)c1cc(C=O)cc(CCC#N)c1. The van der Waals surface area contributed by atoms with Crippen LogP contribution in [0.15, 0.2) is 18.2 Å². The lowest BCUT2D eigenvalue weighted by Crippen LogP contribution is -2.06. The maximum absolute atomic E-state index is 11.5. The fourth-order valence-corrected chi connectivity index (χ4v) is 1.46. The van der Waals surface area contributed by atoms with E-state index in [1.807, 2.05) is 6.07 Å². The van der Waals surface area contributed by atoms with Crippen molar-refractivity contribution >= 4 is 12.3 Å². The van der Waals surface area contributed by atoms with Crippen LogP contribution in [-0.4, -0.2) is 18.9 Å². The molecule has 0 fully saturated rings. The lowest BCUT2D eigenvalue weighted by atomic mass is 10.0. The van der Waals surface area contributed by atoms with E-state index in [0.29, 0.717) is 30.3 Å². The van der Waals surface area contributed by atoms with Crippen LogP contribution in [0.25, 0.3) is 0 Å². The summed E-state index contributed by atoms with van der Waals surface area (Å²) in [4.78, 5) is 22.3. The van der Waals surface area contributed by atoms with Crippen LogP contribution in [0, 0.1) is 11.3 Å². The van der Waals surface area contributed by atoms with E-state index in [0.717, 1.165) is 5.56 Å². The Labute approximate surface area is 99.8 Å². The van der Waals surface area contributed by atoms with E-state index in [2.05, 4.69) is 0 Å².